The zero-order valence-corrected chi connectivity index (χ0v) is 15.7. The first-order valence-corrected chi connectivity index (χ1v) is 10.3. The van der Waals surface area contributed by atoms with Gasteiger partial charge in [0.05, 0.1) is 5.75 Å². The third-order valence-electron chi connectivity index (χ3n) is 4.62. The van der Waals surface area contributed by atoms with Crippen LogP contribution in [0.2, 0.25) is 0 Å². The molecule has 1 aromatic heterocycles. The number of amides is 1. The Morgan fingerprint density at radius 1 is 1.04 bits per heavy atom. The number of aryl methyl sites for hydroxylation is 1. The molecule has 3 rings (SSSR count). The summed E-state index contributed by atoms with van der Waals surface area (Å²) in [6.07, 6.45) is 2.20. The molecule has 138 valence electrons. The highest BCUT2D eigenvalue weighted by Crippen LogP contribution is 2.17. The van der Waals surface area contributed by atoms with Crippen molar-refractivity contribution in [1.29, 1.82) is 0 Å². The van der Waals surface area contributed by atoms with Crippen LogP contribution in [0.25, 0.3) is 0 Å². The van der Waals surface area contributed by atoms with Crippen LogP contribution in [0.3, 0.4) is 0 Å². The average molecular weight is 373 g/mol. The van der Waals surface area contributed by atoms with Crippen molar-refractivity contribution in [3.05, 3.63) is 65.5 Å². The first kappa shape index (κ1) is 18.5. The molecule has 0 radical (unpaired) electrons. The van der Waals surface area contributed by atoms with Gasteiger partial charge in [-0.05, 0) is 36.6 Å². The van der Waals surface area contributed by atoms with Gasteiger partial charge in [0.1, 0.15) is 5.69 Å². The Labute approximate surface area is 154 Å². The van der Waals surface area contributed by atoms with E-state index in [-0.39, 0.29) is 11.7 Å². The van der Waals surface area contributed by atoms with E-state index in [2.05, 4.69) is 4.98 Å². The first-order chi connectivity index (χ1) is 12.5. The van der Waals surface area contributed by atoms with Crippen LogP contribution in [0, 0.1) is 6.92 Å². The van der Waals surface area contributed by atoms with Crippen LogP contribution in [-0.2, 0) is 15.8 Å². The maximum Gasteiger partial charge on any atom is 0.272 e. The summed E-state index contributed by atoms with van der Waals surface area (Å²) in [7, 11) is -3.42. The van der Waals surface area contributed by atoms with E-state index in [9.17, 15) is 13.2 Å². The SMILES string of the molecule is Cc1ccccc1CS(=O)(=O)N1CCCN(C(=O)c2ccccn2)CC1. The maximum absolute atomic E-state index is 12.8. The topological polar surface area (TPSA) is 70.6 Å². The van der Waals surface area contributed by atoms with Gasteiger partial charge in [0, 0.05) is 32.4 Å². The summed E-state index contributed by atoms with van der Waals surface area (Å²) in [4.78, 5) is 18.3. The van der Waals surface area contributed by atoms with E-state index in [1.807, 2.05) is 31.2 Å². The van der Waals surface area contributed by atoms with Gasteiger partial charge in [0.15, 0.2) is 0 Å². The molecule has 0 unspecified atom stereocenters. The predicted molar refractivity (Wildman–Crippen MR) is 100 cm³/mol. The molecule has 7 heteroatoms. The van der Waals surface area contributed by atoms with Crippen molar-refractivity contribution < 1.29 is 13.2 Å². The van der Waals surface area contributed by atoms with Crippen LogP contribution in [0.15, 0.2) is 48.7 Å². The minimum Gasteiger partial charge on any atom is -0.336 e. The standard InChI is InChI=1S/C19H23N3O3S/c1-16-7-2-3-8-17(16)15-26(24,25)22-12-6-11-21(13-14-22)19(23)18-9-4-5-10-20-18/h2-5,7-10H,6,11-15H2,1H3. The number of benzene rings is 1. The number of hydrogen-bond acceptors (Lipinski definition) is 4. The number of sulfonamides is 1. The van der Waals surface area contributed by atoms with E-state index >= 15 is 0 Å². The lowest BCUT2D eigenvalue weighted by atomic mass is 10.1. The second-order valence-electron chi connectivity index (χ2n) is 6.44. The molecule has 6 nitrogen and oxygen atoms in total. The molecular formula is C19H23N3O3S. The Morgan fingerprint density at radius 3 is 2.54 bits per heavy atom. The van der Waals surface area contributed by atoms with Crippen LogP contribution in [0.1, 0.15) is 28.0 Å². The summed E-state index contributed by atoms with van der Waals surface area (Å²) in [6, 6.07) is 12.7. The van der Waals surface area contributed by atoms with Gasteiger partial charge < -0.3 is 4.90 Å². The highest BCUT2D eigenvalue weighted by Gasteiger charge is 2.28. The molecule has 1 aliphatic heterocycles. The Balaban J connectivity index is 1.68. The molecule has 2 aromatic rings. The minimum atomic E-state index is -3.42. The van der Waals surface area contributed by atoms with Crippen molar-refractivity contribution >= 4 is 15.9 Å². The summed E-state index contributed by atoms with van der Waals surface area (Å²) in [5.74, 6) is -0.155. The Kier molecular flexibility index (Phi) is 5.68. The molecule has 1 aromatic carbocycles. The van der Waals surface area contributed by atoms with Crippen molar-refractivity contribution in [2.24, 2.45) is 0 Å². The molecule has 0 N–H and O–H groups in total. The smallest absolute Gasteiger partial charge is 0.272 e. The van der Waals surface area contributed by atoms with Gasteiger partial charge in [-0.2, -0.15) is 4.31 Å². The molecule has 0 aliphatic carbocycles. The lowest BCUT2D eigenvalue weighted by Gasteiger charge is -2.22. The Bertz CT molecular complexity index is 869. The van der Waals surface area contributed by atoms with Crippen LogP contribution < -0.4 is 0 Å². The number of carbonyl (C=O) groups excluding carboxylic acids is 1. The van der Waals surface area contributed by atoms with Crippen LogP contribution in [0.4, 0.5) is 0 Å². The lowest BCUT2D eigenvalue weighted by Crippen LogP contribution is -2.38. The average Bonchev–Trinajstić information content (AvgIpc) is 2.90. The van der Waals surface area contributed by atoms with Gasteiger partial charge in [0.2, 0.25) is 10.0 Å². The van der Waals surface area contributed by atoms with Gasteiger partial charge in [-0.25, -0.2) is 8.42 Å². The predicted octanol–water partition coefficient (Wildman–Crippen LogP) is 2.07. The number of aromatic nitrogens is 1. The zero-order valence-electron chi connectivity index (χ0n) is 14.8. The van der Waals surface area contributed by atoms with Gasteiger partial charge in [-0.3, -0.25) is 9.78 Å². The second-order valence-corrected chi connectivity index (χ2v) is 8.41. The van der Waals surface area contributed by atoms with Crippen LogP contribution >= 0.6 is 0 Å². The van der Waals surface area contributed by atoms with Gasteiger partial charge in [-0.1, -0.05) is 30.3 Å². The number of carbonyl (C=O) groups is 1. The van der Waals surface area contributed by atoms with Crippen molar-refractivity contribution in [3.63, 3.8) is 0 Å². The number of rotatable bonds is 4. The molecule has 0 atom stereocenters. The molecular weight excluding hydrogens is 350 g/mol. The van der Waals surface area contributed by atoms with Gasteiger partial charge in [-0.15, -0.1) is 0 Å². The van der Waals surface area contributed by atoms with E-state index in [0.717, 1.165) is 11.1 Å². The fraction of sp³-hybridized carbons (Fsp3) is 0.368. The van der Waals surface area contributed by atoms with Gasteiger partial charge in [0.25, 0.3) is 5.91 Å². The highest BCUT2D eigenvalue weighted by atomic mass is 32.2. The van der Waals surface area contributed by atoms with E-state index in [1.165, 1.54) is 4.31 Å². The molecule has 26 heavy (non-hydrogen) atoms. The van der Waals surface area contributed by atoms with Crippen molar-refractivity contribution in [2.75, 3.05) is 26.2 Å². The summed E-state index contributed by atoms with van der Waals surface area (Å²) in [5.41, 5.74) is 2.18. The van der Waals surface area contributed by atoms with Crippen molar-refractivity contribution in [3.8, 4) is 0 Å². The monoisotopic (exact) mass is 373 g/mol. The summed E-state index contributed by atoms with van der Waals surface area (Å²) in [6.45, 7) is 3.57. The lowest BCUT2D eigenvalue weighted by molar-refractivity contribution is 0.0758. The highest BCUT2D eigenvalue weighted by molar-refractivity contribution is 7.88. The Hall–Kier alpha value is -2.25. The quantitative estimate of drug-likeness (QED) is 0.823. The van der Waals surface area contributed by atoms with E-state index in [4.69, 9.17) is 0 Å². The molecule has 0 bridgehead atoms. The summed E-state index contributed by atoms with van der Waals surface area (Å²) >= 11 is 0. The van der Waals surface area contributed by atoms with Crippen molar-refractivity contribution in [1.82, 2.24) is 14.2 Å². The molecule has 1 amide bonds. The first-order valence-electron chi connectivity index (χ1n) is 8.70. The summed E-state index contributed by atoms with van der Waals surface area (Å²) in [5, 5.41) is 0. The Morgan fingerprint density at radius 2 is 1.81 bits per heavy atom. The number of nitrogens with zero attached hydrogens (tertiary/aromatic N) is 3. The molecule has 1 aliphatic rings. The minimum absolute atomic E-state index is 0.00609. The largest absolute Gasteiger partial charge is 0.336 e. The van der Waals surface area contributed by atoms with E-state index in [1.54, 1.807) is 29.3 Å². The molecule has 1 fully saturated rings. The molecule has 2 heterocycles. The number of hydrogen-bond donors (Lipinski definition) is 0. The third-order valence-corrected chi connectivity index (χ3v) is 6.45. The molecule has 0 saturated carbocycles. The fourth-order valence-corrected chi connectivity index (χ4v) is 4.75. The summed E-state index contributed by atoms with van der Waals surface area (Å²) < 4.78 is 27.1. The van der Waals surface area contributed by atoms with Crippen LogP contribution in [-0.4, -0.2) is 54.7 Å². The zero-order chi connectivity index (χ0) is 18.6. The van der Waals surface area contributed by atoms with E-state index < -0.39 is 10.0 Å². The van der Waals surface area contributed by atoms with E-state index in [0.29, 0.717) is 38.3 Å². The normalized spacial score (nSPS) is 16.3. The number of pyridine rings is 1. The van der Waals surface area contributed by atoms with Crippen molar-refractivity contribution in [2.45, 2.75) is 19.1 Å². The van der Waals surface area contributed by atoms with Crippen LogP contribution in [0.5, 0.6) is 0 Å². The fourth-order valence-electron chi connectivity index (χ4n) is 3.09. The second kappa shape index (κ2) is 7.97. The molecule has 0 spiro atoms. The molecule has 1 saturated heterocycles. The van der Waals surface area contributed by atoms with Gasteiger partial charge >= 0.3 is 0 Å². The maximum atomic E-state index is 12.8. The third kappa shape index (κ3) is 4.28.